The van der Waals surface area contributed by atoms with Crippen LogP contribution >= 0.6 is 0 Å². The minimum atomic E-state index is -2.62. The molecule has 1 aliphatic carbocycles. The van der Waals surface area contributed by atoms with Crippen molar-refractivity contribution in [2.75, 3.05) is 0 Å². The fourth-order valence-corrected chi connectivity index (χ4v) is 2.15. The third-order valence-electron chi connectivity index (χ3n) is 2.71. The number of alkyl halides is 2. The molecule has 3 unspecified atom stereocenters. The van der Waals surface area contributed by atoms with Crippen LogP contribution in [0.5, 0.6) is 0 Å². The zero-order chi connectivity index (χ0) is 8.93. The highest BCUT2D eigenvalue weighted by Crippen LogP contribution is 2.48. The fourth-order valence-electron chi connectivity index (χ4n) is 2.15. The summed E-state index contributed by atoms with van der Waals surface area (Å²) in [5.41, 5.74) is 0.439. The summed E-state index contributed by atoms with van der Waals surface area (Å²) in [5.74, 6) is -3.48. The van der Waals surface area contributed by atoms with Gasteiger partial charge < -0.3 is 4.84 Å². The van der Waals surface area contributed by atoms with Crippen LogP contribution in [0.4, 0.5) is 8.78 Å². The Morgan fingerprint density at radius 3 is 2.83 bits per heavy atom. The molecule has 68 valence electrons. The Hall–Kier alpha value is -0.670. The average molecular weight is 175 g/mol. The lowest BCUT2D eigenvalue weighted by atomic mass is 9.97. The first-order valence-electron chi connectivity index (χ1n) is 4.10. The molecule has 0 radical (unpaired) electrons. The predicted molar refractivity (Wildman–Crippen MR) is 40.2 cm³/mol. The molecule has 1 aliphatic heterocycles. The summed E-state index contributed by atoms with van der Waals surface area (Å²) >= 11 is 0. The minimum absolute atomic E-state index is 0.0742. The van der Waals surface area contributed by atoms with E-state index in [0.717, 1.165) is 0 Å². The summed E-state index contributed by atoms with van der Waals surface area (Å²) in [5, 5.41) is 3.60. The average Bonchev–Trinajstić information content (AvgIpc) is 2.38. The van der Waals surface area contributed by atoms with Crippen molar-refractivity contribution >= 4 is 5.71 Å². The Morgan fingerprint density at radius 2 is 2.25 bits per heavy atom. The fraction of sp³-hybridized carbons (Fsp3) is 0.875. The van der Waals surface area contributed by atoms with E-state index in [-0.39, 0.29) is 18.4 Å². The van der Waals surface area contributed by atoms with Gasteiger partial charge in [0.25, 0.3) is 5.92 Å². The standard InChI is InChI=1S/C8H11F2NO/c1-4-3-8(9,10)6-5(2)11-12-7(4)6/h4,6-7H,3H2,1-2H3. The van der Waals surface area contributed by atoms with Crippen molar-refractivity contribution in [1.82, 2.24) is 0 Å². The van der Waals surface area contributed by atoms with Crippen LogP contribution in [0.15, 0.2) is 5.16 Å². The number of nitrogens with zero attached hydrogens (tertiary/aromatic N) is 1. The quantitative estimate of drug-likeness (QED) is 0.552. The third-order valence-corrected chi connectivity index (χ3v) is 2.71. The van der Waals surface area contributed by atoms with E-state index in [1.54, 1.807) is 13.8 Å². The number of oxime groups is 1. The van der Waals surface area contributed by atoms with E-state index in [1.807, 2.05) is 0 Å². The van der Waals surface area contributed by atoms with Crippen LogP contribution in [-0.2, 0) is 4.84 Å². The smallest absolute Gasteiger partial charge is 0.260 e. The van der Waals surface area contributed by atoms with E-state index in [0.29, 0.717) is 5.71 Å². The molecule has 2 rings (SSSR count). The van der Waals surface area contributed by atoms with E-state index >= 15 is 0 Å². The maximum absolute atomic E-state index is 13.2. The van der Waals surface area contributed by atoms with Crippen LogP contribution < -0.4 is 0 Å². The monoisotopic (exact) mass is 175 g/mol. The lowest BCUT2D eigenvalue weighted by Gasteiger charge is -2.15. The Morgan fingerprint density at radius 1 is 1.58 bits per heavy atom. The van der Waals surface area contributed by atoms with Gasteiger partial charge in [0.1, 0.15) is 12.0 Å². The highest BCUT2D eigenvalue weighted by atomic mass is 19.3. The van der Waals surface area contributed by atoms with E-state index in [1.165, 1.54) is 0 Å². The molecule has 0 saturated heterocycles. The van der Waals surface area contributed by atoms with Gasteiger partial charge in [0.2, 0.25) is 0 Å². The normalized spacial score (nSPS) is 43.7. The molecule has 0 aromatic rings. The summed E-state index contributed by atoms with van der Waals surface area (Å²) in [7, 11) is 0. The van der Waals surface area contributed by atoms with Crippen molar-refractivity contribution in [3.63, 3.8) is 0 Å². The van der Waals surface area contributed by atoms with Crippen molar-refractivity contribution in [3.05, 3.63) is 0 Å². The number of hydrogen-bond acceptors (Lipinski definition) is 2. The van der Waals surface area contributed by atoms with E-state index in [2.05, 4.69) is 5.16 Å². The van der Waals surface area contributed by atoms with Gasteiger partial charge in [-0.1, -0.05) is 12.1 Å². The van der Waals surface area contributed by atoms with Crippen molar-refractivity contribution in [2.45, 2.75) is 32.3 Å². The molecule has 12 heavy (non-hydrogen) atoms. The van der Waals surface area contributed by atoms with Crippen molar-refractivity contribution < 1.29 is 13.6 Å². The number of hydrogen-bond donors (Lipinski definition) is 0. The van der Waals surface area contributed by atoms with Gasteiger partial charge in [-0.05, 0) is 6.92 Å². The van der Waals surface area contributed by atoms with Crippen LogP contribution in [0.1, 0.15) is 20.3 Å². The third kappa shape index (κ3) is 0.867. The molecular weight excluding hydrogens is 164 g/mol. The van der Waals surface area contributed by atoms with Crippen LogP contribution in [0.2, 0.25) is 0 Å². The number of rotatable bonds is 0. The maximum Gasteiger partial charge on any atom is 0.260 e. The SMILES string of the molecule is CC1=NOC2C(C)CC(F)(F)C12. The lowest BCUT2D eigenvalue weighted by molar-refractivity contribution is -0.0327. The molecule has 0 aromatic heterocycles. The van der Waals surface area contributed by atoms with Gasteiger partial charge >= 0.3 is 0 Å². The summed E-state index contributed by atoms with van der Waals surface area (Å²) in [6.07, 6.45) is -0.463. The van der Waals surface area contributed by atoms with Gasteiger partial charge in [0.05, 0.1) is 5.71 Å². The highest BCUT2D eigenvalue weighted by Gasteiger charge is 2.59. The second-order valence-electron chi connectivity index (χ2n) is 3.72. The molecule has 0 N–H and O–H groups in total. The minimum Gasteiger partial charge on any atom is -0.391 e. The van der Waals surface area contributed by atoms with E-state index in [9.17, 15) is 8.78 Å². The van der Waals surface area contributed by atoms with Crippen LogP contribution in [0.25, 0.3) is 0 Å². The zero-order valence-corrected chi connectivity index (χ0v) is 7.05. The number of halogens is 2. The second kappa shape index (κ2) is 2.18. The molecular formula is C8H11F2NO. The molecule has 0 bridgehead atoms. The largest absolute Gasteiger partial charge is 0.391 e. The molecule has 0 aromatic carbocycles. The zero-order valence-electron chi connectivity index (χ0n) is 7.05. The van der Waals surface area contributed by atoms with Crippen molar-refractivity contribution in [3.8, 4) is 0 Å². The van der Waals surface area contributed by atoms with E-state index in [4.69, 9.17) is 4.84 Å². The lowest BCUT2D eigenvalue weighted by Crippen LogP contribution is -2.31. The summed E-state index contributed by atoms with van der Waals surface area (Å²) in [6.45, 7) is 3.39. The molecule has 4 heteroatoms. The van der Waals surface area contributed by atoms with Gasteiger partial charge in [-0.15, -0.1) is 0 Å². The molecule has 0 amide bonds. The van der Waals surface area contributed by atoms with Crippen LogP contribution in [0.3, 0.4) is 0 Å². The molecule has 0 spiro atoms. The van der Waals surface area contributed by atoms with Gasteiger partial charge in [-0.3, -0.25) is 0 Å². The first-order chi connectivity index (χ1) is 5.52. The van der Waals surface area contributed by atoms with E-state index < -0.39 is 11.8 Å². The van der Waals surface area contributed by atoms with Gasteiger partial charge in [-0.2, -0.15) is 0 Å². The molecule has 2 aliphatic rings. The molecule has 1 heterocycles. The Kier molecular flexibility index (Phi) is 1.44. The molecule has 1 saturated carbocycles. The van der Waals surface area contributed by atoms with Crippen LogP contribution in [0, 0.1) is 11.8 Å². The Balaban J connectivity index is 2.31. The highest BCUT2D eigenvalue weighted by molar-refractivity contribution is 5.86. The van der Waals surface area contributed by atoms with Gasteiger partial charge in [0.15, 0.2) is 0 Å². The van der Waals surface area contributed by atoms with Crippen molar-refractivity contribution in [2.24, 2.45) is 17.0 Å². The summed E-state index contributed by atoms with van der Waals surface area (Å²) in [6, 6.07) is 0. The summed E-state index contributed by atoms with van der Waals surface area (Å²) in [4.78, 5) is 4.94. The second-order valence-corrected chi connectivity index (χ2v) is 3.72. The predicted octanol–water partition coefficient (Wildman–Crippen LogP) is 2.05. The first kappa shape index (κ1) is 7.95. The summed E-state index contributed by atoms with van der Waals surface area (Å²) < 4.78 is 26.5. The van der Waals surface area contributed by atoms with Gasteiger partial charge in [0, 0.05) is 12.3 Å². The topological polar surface area (TPSA) is 21.6 Å². The van der Waals surface area contributed by atoms with Gasteiger partial charge in [-0.25, -0.2) is 8.78 Å². The Labute approximate surface area is 69.6 Å². The molecule has 3 atom stereocenters. The Bertz CT molecular complexity index is 239. The van der Waals surface area contributed by atoms with Crippen molar-refractivity contribution in [1.29, 1.82) is 0 Å². The number of fused-ring (bicyclic) bond motifs is 1. The maximum atomic E-state index is 13.2. The first-order valence-corrected chi connectivity index (χ1v) is 4.10. The molecule has 2 nitrogen and oxygen atoms in total. The van der Waals surface area contributed by atoms with Crippen LogP contribution in [-0.4, -0.2) is 17.7 Å². The molecule has 1 fully saturated rings.